The Hall–Kier alpha value is -0.950. The summed E-state index contributed by atoms with van der Waals surface area (Å²) in [4.78, 5) is 20.9. The van der Waals surface area contributed by atoms with E-state index in [2.05, 4.69) is 9.98 Å². The fourth-order valence-corrected chi connectivity index (χ4v) is 4.07. The van der Waals surface area contributed by atoms with Gasteiger partial charge in [-0.1, -0.05) is 25.6 Å². The Labute approximate surface area is 143 Å². The van der Waals surface area contributed by atoms with Crippen LogP contribution in [0.4, 0.5) is 8.78 Å². The lowest BCUT2D eigenvalue weighted by Crippen LogP contribution is -2.17. The summed E-state index contributed by atoms with van der Waals surface area (Å²) in [6.45, 7) is 6.46. The van der Waals surface area contributed by atoms with Gasteiger partial charge in [0.25, 0.3) is 6.43 Å². The number of rotatable bonds is 5. The number of carbonyl (C=O) groups excluding carboxylic acids is 1. The molecule has 3 nitrogen and oxygen atoms in total. The number of aromatic nitrogens is 1. The van der Waals surface area contributed by atoms with E-state index in [4.69, 9.17) is 0 Å². The number of thioether (sulfide) groups is 2. The van der Waals surface area contributed by atoms with Crippen molar-refractivity contribution in [2.75, 3.05) is 18.6 Å². The maximum Gasteiger partial charge on any atom is 0.281 e. The molecular formula is C16H20F2N2OS2. The molecule has 1 aromatic heterocycles. The summed E-state index contributed by atoms with van der Waals surface area (Å²) in [6, 6.07) is 0. The number of aryl methyl sites for hydroxylation is 1. The van der Waals surface area contributed by atoms with E-state index < -0.39 is 12.1 Å². The molecule has 0 amide bonds. The minimum atomic E-state index is -2.77. The van der Waals surface area contributed by atoms with E-state index in [1.165, 1.54) is 0 Å². The predicted molar refractivity (Wildman–Crippen MR) is 94.2 cm³/mol. The van der Waals surface area contributed by atoms with Gasteiger partial charge in [0.1, 0.15) is 5.69 Å². The van der Waals surface area contributed by atoms with Gasteiger partial charge >= 0.3 is 0 Å². The van der Waals surface area contributed by atoms with Crippen molar-refractivity contribution < 1.29 is 13.6 Å². The molecule has 1 aliphatic rings. The third kappa shape index (κ3) is 3.94. The van der Waals surface area contributed by atoms with Crippen LogP contribution in [0.2, 0.25) is 0 Å². The van der Waals surface area contributed by atoms with Gasteiger partial charge in [0.15, 0.2) is 0 Å². The van der Waals surface area contributed by atoms with Gasteiger partial charge in [-0.15, -0.1) is 11.8 Å². The molecular weight excluding hydrogens is 338 g/mol. The topological polar surface area (TPSA) is 42.3 Å². The molecule has 1 aliphatic heterocycles. The number of hydrogen-bond acceptors (Lipinski definition) is 5. The van der Waals surface area contributed by atoms with Crippen molar-refractivity contribution in [2.24, 2.45) is 10.9 Å². The second-order valence-electron chi connectivity index (χ2n) is 5.74. The van der Waals surface area contributed by atoms with Gasteiger partial charge in [-0.25, -0.2) is 8.78 Å². The fraction of sp³-hybridized carbons (Fsp3) is 0.562. The van der Waals surface area contributed by atoms with Crippen LogP contribution in [-0.2, 0) is 6.42 Å². The molecule has 0 aromatic carbocycles. The first-order valence-electron chi connectivity index (χ1n) is 7.44. The maximum atomic E-state index is 13.5. The van der Waals surface area contributed by atoms with Crippen LogP contribution in [0.15, 0.2) is 4.99 Å². The average Bonchev–Trinajstić information content (AvgIpc) is 2.99. The minimum absolute atomic E-state index is 0.0806. The molecule has 126 valence electrons. The van der Waals surface area contributed by atoms with Gasteiger partial charge in [0.2, 0.25) is 5.12 Å². The molecule has 0 radical (unpaired) electrons. The molecule has 1 aromatic rings. The van der Waals surface area contributed by atoms with E-state index in [1.54, 1.807) is 24.9 Å². The highest BCUT2D eigenvalue weighted by Gasteiger charge is 2.29. The zero-order chi connectivity index (χ0) is 17.1. The molecule has 23 heavy (non-hydrogen) atoms. The Morgan fingerprint density at radius 2 is 2.09 bits per heavy atom. The van der Waals surface area contributed by atoms with Crippen LogP contribution in [0, 0.1) is 12.8 Å². The van der Waals surface area contributed by atoms with Crippen LogP contribution in [0.1, 0.15) is 53.1 Å². The van der Waals surface area contributed by atoms with E-state index >= 15 is 0 Å². The highest BCUT2D eigenvalue weighted by Crippen LogP contribution is 2.34. The molecule has 2 rings (SSSR count). The number of carbonyl (C=O) groups is 1. The number of aliphatic imine (C=N–C) groups is 1. The van der Waals surface area contributed by atoms with Gasteiger partial charge in [-0.2, -0.15) is 0 Å². The number of hydrogen-bond donors (Lipinski definition) is 0. The Balaban J connectivity index is 2.77. The van der Waals surface area contributed by atoms with Crippen molar-refractivity contribution >= 4 is 33.7 Å². The quantitative estimate of drug-likeness (QED) is 0.776. The summed E-state index contributed by atoms with van der Waals surface area (Å²) in [5.74, 6) is 1.11. The molecule has 0 bridgehead atoms. The first-order valence-corrected chi connectivity index (χ1v) is 9.65. The molecule has 0 saturated heterocycles. The first kappa shape index (κ1) is 18.4. The molecule has 0 spiro atoms. The first-order chi connectivity index (χ1) is 10.9. The Morgan fingerprint density at radius 3 is 2.57 bits per heavy atom. The molecule has 0 unspecified atom stereocenters. The lowest BCUT2D eigenvalue weighted by Gasteiger charge is -2.20. The van der Waals surface area contributed by atoms with Crippen molar-refractivity contribution in [2.45, 2.75) is 33.6 Å². The lowest BCUT2D eigenvalue weighted by molar-refractivity contribution is 0.106. The molecule has 2 heterocycles. The molecule has 0 atom stereocenters. The standard InChI is InChI=1S/C16H20F2N2OS2/c1-8(2)7-10-11(15-19-5-6-23-15)9(3)20-13(14(17)18)12(10)16(21)22-4/h8,14H,5-7H2,1-4H3. The normalized spacial score (nSPS) is 14.7. The van der Waals surface area contributed by atoms with Gasteiger partial charge in [0, 0.05) is 23.6 Å². The van der Waals surface area contributed by atoms with Crippen molar-refractivity contribution in [1.29, 1.82) is 0 Å². The maximum absolute atomic E-state index is 13.5. The number of pyridine rings is 1. The van der Waals surface area contributed by atoms with E-state index in [0.29, 0.717) is 24.2 Å². The predicted octanol–water partition coefficient (Wildman–Crippen LogP) is 4.52. The smallest absolute Gasteiger partial charge is 0.281 e. The lowest BCUT2D eigenvalue weighted by atomic mass is 9.92. The van der Waals surface area contributed by atoms with E-state index in [1.807, 2.05) is 13.8 Å². The summed E-state index contributed by atoms with van der Waals surface area (Å²) in [5, 5.41) is 0.468. The van der Waals surface area contributed by atoms with E-state index in [0.717, 1.165) is 28.1 Å². The molecule has 0 aliphatic carbocycles. The summed E-state index contributed by atoms with van der Waals surface area (Å²) < 4.78 is 26.9. The largest absolute Gasteiger partial charge is 0.281 e. The van der Waals surface area contributed by atoms with Crippen LogP contribution < -0.4 is 0 Å². The van der Waals surface area contributed by atoms with Crippen LogP contribution in [0.3, 0.4) is 0 Å². The Bertz CT molecular complexity index is 645. The molecule has 7 heteroatoms. The number of halogens is 2. The Morgan fingerprint density at radius 1 is 1.39 bits per heavy atom. The minimum Gasteiger partial charge on any atom is -0.281 e. The van der Waals surface area contributed by atoms with Crippen molar-refractivity contribution in [3.8, 4) is 0 Å². The zero-order valence-corrected chi connectivity index (χ0v) is 15.3. The van der Waals surface area contributed by atoms with Gasteiger partial charge < -0.3 is 0 Å². The SMILES string of the molecule is CSC(=O)c1c(C(F)F)nc(C)c(C2=NCCS2)c1CC(C)C. The third-order valence-electron chi connectivity index (χ3n) is 3.52. The molecule has 0 fully saturated rings. The highest BCUT2D eigenvalue weighted by molar-refractivity contribution is 8.14. The zero-order valence-electron chi connectivity index (χ0n) is 13.7. The third-order valence-corrected chi connectivity index (χ3v) is 5.09. The summed E-state index contributed by atoms with van der Waals surface area (Å²) in [6.07, 6.45) is -0.601. The number of nitrogens with zero attached hydrogens (tertiary/aromatic N) is 2. The summed E-state index contributed by atoms with van der Waals surface area (Å²) in [5.41, 5.74) is 1.67. The van der Waals surface area contributed by atoms with Crippen molar-refractivity contribution in [3.63, 3.8) is 0 Å². The summed E-state index contributed by atoms with van der Waals surface area (Å²) in [7, 11) is 0. The van der Waals surface area contributed by atoms with Crippen LogP contribution in [0.5, 0.6) is 0 Å². The molecule has 0 N–H and O–H groups in total. The van der Waals surface area contributed by atoms with E-state index in [-0.39, 0.29) is 16.6 Å². The summed E-state index contributed by atoms with van der Waals surface area (Å²) >= 11 is 2.55. The number of alkyl halides is 2. The van der Waals surface area contributed by atoms with Gasteiger partial charge in [-0.3, -0.25) is 14.8 Å². The van der Waals surface area contributed by atoms with Crippen LogP contribution >= 0.6 is 23.5 Å². The van der Waals surface area contributed by atoms with Crippen molar-refractivity contribution in [1.82, 2.24) is 4.98 Å². The van der Waals surface area contributed by atoms with Crippen LogP contribution in [0.25, 0.3) is 0 Å². The second-order valence-corrected chi connectivity index (χ2v) is 7.60. The van der Waals surface area contributed by atoms with E-state index in [9.17, 15) is 13.6 Å². The monoisotopic (exact) mass is 358 g/mol. The average molecular weight is 358 g/mol. The van der Waals surface area contributed by atoms with Gasteiger partial charge in [-0.05, 0) is 31.1 Å². The van der Waals surface area contributed by atoms with Crippen LogP contribution in [-0.4, -0.2) is 33.7 Å². The second kappa shape index (κ2) is 7.75. The van der Waals surface area contributed by atoms with Crippen molar-refractivity contribution in [3.05, 3.63) is 28.1 Å². The molecule has 0 saturated carbocycles. The van der Waals surface area contributed by atoms with Gasteiger partial charge in [0.05, 0.1) is 10.6 Å². The fourth-order valence-electron chi connectivity index (χ4n) is 2.66. The Kier molecular flexibility index (Phi) is 6.19. The highest BCUT2D eigenvalue weighted by atomic mass is 32.2.